The van der Waals surface area contributed by atoms with Crippen LogP contribution in [0.15, 0.2) is 54.0 Å². The van der Waals surface area contributed by atoms with Crippen molar-refractivity contribution >= 4 is 0 Å². The number of hydrogen-bond acceptors (Lipinski definition) is 2. The molecule has 2 aromatic rings. The van der Waals surface area contributed by atoms with E-state index in [-0.39, 0.29) is 16.4 Å². The van der Waals surface area contributed by atoms with Crippen molar-refractivity contribution in [2.24, 2.45) is 15.8 Å². The lowest BCUT2D eigenvalue weighted by Crippen LogP contribution is -2.30. The molecule has 0 unspecified atom stereocenters. The molecule has 0 aliphatic heterocycles. The Kier molecular flexibility index (Phi) is 7.31. The van der Waals surface area contributed by atoms with Crippen molar-refractivity contribution in [3.05, 3.63) is 59.8 Å². The van der Waals surface area contributed by atoms with Gasteiger partial charge in [-0.05, 0) is 61.8 Å². The van der Waals surface area contributed by atoms with Gasteiger partial charge in [-0.3, -0.25) is 4.99 Å². The molecule has 2 rings (SSSR count). The van der Waals surface area contributed by atoms with Gasteiger partial charge in [0, 0.05) is 37.9 Å². The number of rotatable bonds is 9. The van der Waals surface area contributed by atoms with Crippen molar-refractivity contribution in [1.82, 2.24) is 9.13 Å². The zero-order valence-corrected chi connectivity index (χ0v) is 19.5. The summed E-state index contributed by atoms with van der Waals surface area (Å²) in [6, 6.07) is 7.98. The molecule has 0 aromatic carbocycles. The Morgan fingerprint density at radius 3 is 1.69 bits per heavy atom. The van der Waals surface area contributed by atoms with Gasteiger partial charge in [0.15, 0.2) is 0 Å². The minimum Gasteiger partial charge on any atom is -0.354 e. The predicted octanol–water partition coefficient (Wildman–Crippen LogP) is 5.39. The summed E-state index contributed by atoms with van der Waals surface area (Å²) >= 11 is 0. The van der Waals surface area contributed by atoms with Gasteiger partial charge >= 0.3 is 0 Å². The summed E-state index contributed by atoms with van der Waals surface area (Å²) in [4.78, 5) is 4.90. The molecule has 0 amide bonds. The highest BCUT2D eigenvalue weighted by atomic mass is 15.0. The van der Waals surface area contributed by atoms with Crippen LogP contribution in [0.2, 0.25) is 0 Å². The molecule has 4 heteroatoms. The lowest BCUT2D eigenvalue weighted by molar-refractivity contribution is 0.151. The van der Waals surface area contributed by atoms with Crippen LogP contribution < -0.4 is 10.7 Å². The van der Waals surface area contributed by atoms with Crippen LogP contribution in [-0.2, 0) is 13.1 Å². The molecule has 1 N–H and O–H groups in total. The number of nitrogens with one attached hydrogen (secondary N) is 1. The molecule has 0 spiro atoms. The Hall–Kier alpha value is -2.10. The second kappa shape index (κ2) is 9.15. The number of nitrogens with zero attached hydrogens (tertiary/aromatic N) is 3. The second-order valence-electron chi connectivity index (χ2n) is 10.7. The molecular formula is C25H40N4. The largest absolute Gasteiger partial charge is 0.354 e. The molecule has 0 aliphatic carbocycles. The van der Waals surface area contributed by atoms with Gasteiger partial charge in [-0.15, -0.1) is 0 Å². The minimum atomic E-state index is 0.0000604. The van der Waals surface area contributed by atoms with E-state index in [2.05, 4.69) is 82.1 Å². The van der Waals surface area contributed by atoms with E-state index in [4.69, 9.17) is 10.4 Å². The molecule has 2 aromatic heterocycles. The Balaban J connectivity index is 2.05. The van der Waals surface area contributed by atoms with Crippen molar-refractivity contribution < 1.29 is 0 Å². The van der Waals surface area contributed by atoms with Gasteiger partial charge in [0.2, 0.25) is 0 Å². The molecule has 0 atom stereocenters. The monoisotopic (exact) mass is 396 g/mol. The maximum absolute atomic E-state index is 7.65. The van der Waals surface area contributed by atoms with Crippen LogP contribution in [0.4, 0.5) is 0 Å². The molecule has 0 fully saturated rings. The zero-order valence-electron chi connectivity index (χ0n) is 19.5. The van der Waals surface area contributed by atoms with Gasteiger partial charge in [0.1, 0.15) is 0 Å². The first kappa shape index (κ1) is 23.2. The van der Waals surface area contributed by atoms with E-state index in [1.807, 2.05) is 24.5 Å². The van der Waals surface area contributed by atoms with Crippen molar-refractivity contribution in [3.8, 4) is 0 Å². The van der Waals surface area contributed by atoms with Gasteiger partial charge < -0.3 is 14.5 Å². The van der Waals surface area contributed by atoms with Crippen LogP contribution in [0.3, 0.4) is 0 Å². The standard InChI is InChI=1S/C25H40N4/c1-8-13-25(6,7)27-22-11-16-29(17-12-22)20-24(4,5)18-23(2,3)19-28-14-9-21(26)10-15-28/h9-12,14-17,26H,8,13,18-20H2,1-7H3. The fraction of sp³-hybridized carbons (Fsp3) is 0.600. The van der Waals surface area contributed by atoms with Crippen molar-refractivity contribution in [2.45, 2.75) is 86.4 Å². The van der Waals surface area contributed by atoms with E-state index >= 15 is 0 Å². The summed E-state index contributed by atoms with van der Waals surface area (Å²) in [5, 5.41) is 9.27. The van der Waals surface area contributed by atoms with Crippen LogP contribution in [0.25, 0.3) is 0 Å². The summed E-state index contributed by atoms with van der Waals surface area (Å²) in [7, 11) is 0. The molecule has 0 bridgehead atoms. The lowest BCUT2D eigenvalue weighted by Gasteiger charge is -2.36. The van der Waals surface area contributed by atoms with E-state index in [9.17, 15) is 0 Å². The van der Waals surface area contributed by atoms with Gasteiger partial charge in [-0.2, -0.15) is 0 Å². The summed E-state index contributed by atoms with van der Waals surface area (Å²) in [5.74, 6) is 0. The third-order valence-electron chi connectivity index (χ3n) is 5.24. The van der Waals surface area contributed by atoms with Gasteiger partial charge in [0.25, 0.3) is 0 Å². The molecule has 2 heterocycles. The highest BCUT2D eigenvalue weighted by Crippen LogP contribution is 2.36. The van der Waals surface area contributed by atoms with E-state index in [0.29, 0.717) is 5.36 Å². The molecule has 29 heavy (non-hydrogen) atoms. The lowest BCUT2D eigenvalue weighted by atomic mass is 9.75. The van der Waals surface area contributed by atoms with E-state index < -0.39 is 0 Å². The molecular weight excluding hydrogens is 356 g/mol. The van der Waals surface area contributed by atoms with Crippen molar-refractivity contribution in [1.29, 1.82) is 5.41 Å². The number of aromatic nitrogens is 2. The van der Waals surface area contributed by atoms with Gasteiger partial charge in [-0.1, -0.05) is 41.0 Å². The number of hydrogen-bond donors (Lipinski definition) is 1. The van der Waals surface area contributed by atoms with Crippen LogP contribution in [0, 0.1) is 16.2 Å². The summed E-state index contributed by atoms with van der Waals surface area (Å²) in [6.07, 6.45) is 11.7. The van der Waals surface area contributed by atoms with Crippen LogP contribution >= 0.6 is 0 Å². The van der Waals surface area contributed by atoms with Crippen LogP contribution in [0.1, 0.15) is 67.7 Å². The average Bonchev–Trinajstić information content (AvgIpc) is 2.57. The third kappa shape index (κ3) is 8.04. The Morgan fingerprint density at radius 1 is 0.793 bits per heavy atom. The maximum atomic E-state index is 7.65. The SMILES string of the molecule is CCCC(C)(C)N=c1ccn(CC(C)(C)CC(C)(C)Cn2ccc(=N)cc2)cc1. The average molecular weight is 397 g/mol. The molecule has 160 valence electrons. The van der Waals surface area contributed by atoms with E-state index in [1.54, 1.807) is 0 Å². The fourth-order valence-electron chi connectivity index (χ4n) is 4.61. The van der Waals surface area contributed by atoms with Gasteiger partial charge in [0.05, 0.1) is 16.3 Å². The predicted molar refractivity (Wildman–Crippen MR) is 121 cm³/mol. The summed E-state index contributed by atoms with van der Waals surface area (Å²) < 4.78 is 4.47. The Morgan fingerprint density at radius 2 is 1.24 bits per heavy atom. The molecule has 0 saturated heterocycles. The second-order valence-corrected chi connectivity index (χ2v) is 10.7. The minimum absolute atomic E-state index is 0.0000604. The topological polar surface area (TPSA) is 46.1 Å². The van der Waals surface area contributed by atoms with Gasteiger partial charge in [-0.25, -0.2) is 0 Å². The van der Waals surface area contributed by atoms with Crippen LogP contribution in [0.5, 0.6) is 0 Å². The quantitative estimate of drug-likeness (QED) is 0.591. The number of pyridine rings is 2. The molecule has 0 aliphatic rings. The summed E-state index contributed by atoms with van der Waals surface area (Å²) in [6.45, 7) is 17.9. The smallest absolute Gasteiger partial charge is 0.0609 e. The van der Waals surface area contributed by atoms with Crippen molar-refractivity contribution in [3.63, 3.8) is 0 Å². The molecule has 0 radical (unpaired) electrons. The van der Waals surface area contributed by atoms with Crippen molar-refractivity contribution in [2.75, 3.05) is 0 Å². The Bertz CT molecular complexity index is 872. The first-order chi connectivity index (χ1) is 13.4. The third-order valence-corrected chi connectivity index (χ3v) is 5.24. The first-order valence-corrected chi connectivity index (χ1v) is 10.8. The zero-order chi connectivity index (χ0) is 21.7. The first-order valence-electron chi connectivity index (χ1n) is 10.8. The molecule has 4 nitrogen and oxygen atoms in total. The van der Waals surface area contributed by atoms with E-state index in [1.165, 1.54) is 0 Å². The Labute approximate surface area is 176 Å². The normalized spacial score (nSPS) is 12.8. The van der Waals surface area contributed by atoms with Crippen LogP contribution in [-0.4, -0.2) is 14.7 Å². The fourth-order valence-corrected chi connectivity index (χ4v) is 4.61. The summed E-state index contributed by atoms with van der Waals surface area (Å²) in [5.41, 5.74) is 0.335. The van der Waals surface area contributed by atoms with E-state index in [0.717, 1.165) is 37.7 Å². The highest BCUT2D eigenvalue weighted by molar-refractivity contribution is 4.97. The molecule has 0 saturated carbocycles. The highest BCUT2D eigenvalue weighted by Gasteiger charge is 2.29. The maximum Gasteiger partial charge on any atom is 0.0609 e.